The third-order valence-corrected chi connectivity index (χ3v) is 7.80. The minimum atomic E-state index is -4.11. The zero-order chi connectivity index (χ0) is 23.6. The molecule has 4 rings (SSSR count). The first-order valence-electron chi connectivity index (χ1n) is 10.9. The van der Waals surface area contributed by atoms with Gasteiger partial charge in [-0.05, 0) is 60.9 Å². The lowest BCUT2D eigenvalue weighted by atomic mass is 9.80. The number of ether oxygens (including phenoxy) is 1. The van der Waals surface area contributed by atoms with E-state index < -0.39 is 21.8 Å². The van der Waals surface area contributed by atoms with E-state index in [9.17, 15) is 13.2 Å². The summed E-state index contributed by atoms with van der Waals surface area (Å²) in [6.07, 6.45) is 2.43. The molecule has 0 radical (unpaired) electrons. The van der Waals surface area contributed by atoms with Gasteiger partial charge in [0.1, 0.15) is 5.75 Å². The zero-order valence-electron chi connectivity index (χ0n) is 18.9. The molecule has 0 aliphatic carbocycles. The van der Waals surface area contributed by atoms with E-state index in [1.54, 1.807) is 55.6 Å². The van der Waals surface area contributed by atoms with E-state index in [0.717, 1.165) is 15.4 Å². The number of carbonyl (C=O) groups excluding carboxylic acids is 1. The smallest absolute Gasteiger partial charge is 0.270 e. The van der Waals surface area contributed by atoms with Crippen LogP contribution in [0.4, 0.5) is 0 Å². The molecule has 1 aliphatic heterocycles. The fourth-order valence-electron chi connectivity index (χ4n) is 4.25. The summed E-state index contributed by atoms with van der Waals surface area (Å²) in [5, 5.41) is 0. The monoisotopic (exact) mass is 461 g/mol. The number of amides is 1. The van der Waals surface area contributed by atoms with Crippen LogP contribution in [0.2, 0.25) is 0 Å². The average molecular weight is 462 g/mol. The number of hydrogen-bond donors (Lipinski definition) is 0. The summed E-state index contributed by atoms with van der Waals surface area (Å²) >= 11 is 0. The predicted molar refractivity (Wildman–Crippen MR) is 129 cm³/mol. The molecule has 2 atom stereocenters. The Balaban J connectivity index is 1.92. The van der Waals surface area contributed by atoms with Crippen LogP contribution < -0.4 is 4.74 Å². The van der Waals surface area contributed by atoms with Gasteiger partial charge in [-0.3, -0.25) is 4.79 Å². The average Bonchev–Trinajstić information content (AvgIpc) is 2.84. The summed E-state index contributed by atoms with van der Waals surface area (Å²) in [6, 6.07) is 23.4. The van der Waals surface area contributed by atoms with Crippen molar-refractivity contribution in [1.29, 1.82) is 0 Å². The van der Waals surface area contributed by atoms with Crippen LogP contribution in [0.15, 0.2) is 89.8 Å². The molecule has 0 aromatic heterocycles. The van der Waals surface area contributed by atoms with Crippen LogP contribution >= 0.6 is 0 Å². The summed E-state index contributed by atoms with van der Waals surface area (Å²) in [5.74, 6) is -0.486. The quantitative estimate of drug-likeness (QED) is 0.494. The fourth-order valence-corrected chi connectivity index (χ4v) is 5.74. The van der Waals surface area contributed by atoms with Crippen LogP contribution in [0.25, 0.3) is 5.70 Å². The largest absolute Gasteiger partial charge is 0.497 e. The van der Waals surface area contributed by atoms with Crippen molar-refractivity contribution in [3.8, 4) is 5.75 Å². The van der Waals surface area contributed by atoms with Crippen LogP contribution in [0.1, 0.15) is 36.0 Å². The minimum absolute atomic E-state index is 0.0916. The number of allylic oxidation sites excluding steroid dienone is 1. The molecule has 5 nitrogen and oxygen atoms in total. The van der Waals surface area contributed by atoms with Gasteiger partial charge in [0.05, 0.1) is 17.7 Å². The Morgan fingerprint density at radius 2 is 1.55 bits per heavy atom. The van der Waals surface area contributed by atoms with E-state index in [0.29, 0.717) is 23.4 Å². The number of nitrogens with zero attached hydrogens (tertiary/aromatic N) is 1. The Kier molecular flexibility index (Phi) is 6.38. The number of carbonyl (C=O) groups is 1. The number of rotatable bonds is 6. The molecule has 1 heterocycles. The molecule has 1 aliphatic rings. The maximum absolute atomic E-state index is 13.8. The second kappa shape index (κ2) is 9.24. The van der Waals surface area contributed by atoms with Crippen LogP contribution in [0.3, 0.4) is 0 Å². The minimum Gasteiger partial charge on any atom is -0.497 e. The van der Waals surface area contributed by atoms with Crippen molar-refractivity contribution < 1.29 is 17.9 Å². The third kappa shape index (κ3) is 4.31. The molecular formula is C27H27NO4S. The topological polar surface area (TPSA) is 63.7 Å². The van der Waals surface area contributed by atoms with Crippen LogP contribution in [0.5, 0.6) is 5.75 Å². The summed E-state index contributed by atoms with van der Waals surface area (Å²) < 4.78 is 33.8. The summed E-state index contributed by atoms with van der Waals surface area (Å²) in [4.78, 5) is 13.9. The van der Waals surface area contributed by atoms with Gasteiger partial charge in [-0.15, -0.1) is 0 Å². The van der Waals surface area contributed by atoms with Gasteiger partial charge in [0, 0.05) is 11.8 Å². The normalized spacial score (nSPS) is 18.7. The molecule has 0 saturated heterocycles. The van der Waals surface area contributed by atoms with E-state index in [4.69, 9.17) is 4.74 Å². The molecule has 6 heteroatoms. The summed E-state index contributed by atoms with van der Waals surface area (Å²) in [7, 11) is -2.53. The molecule has 3 aromatic rings. The van der Waals surface area contributed by atoms with Crippen molar-refractivity contribution in [2.24, 2.45) is 5.92 Å². The lowest BCUT2D eigenvalue weighted by Gasteiger charge is -2.37. The van der Waals surface area contributed by atoms with Gasteiger partial charge in [0.15, 0.2) is 0 Å². The van der Waals surface area contributed by atoms with Gasteiger partial charge in [-0.25, -0.2) is 12.7 Å². The van der Waals surface area contributed by atoms with E-state index in [-0.39, 0.29) is 10.8 Å². The fraction of sp³-hybridized carbons (Fsp3) is 0.222. The standard InChI is InChI=1S/C27H27NO4S/c1-4-24-25(20-8-6-5-7-9-20)18-26(21-12-14-22(32-3)15-13-21)28(27(24)29)33(30,31)23-16-10-19(2)11-17-23/h5-18,24-25H,4H2,1-3H3/t24-,25-/m0/s1. The van der Waals surface area contributed by atoms with E-state index in [2.05, 4.69) is 0 Å². The zero-order valence-corrected chi connectivity index (χ0v) is 19.7. The number of sulfonamides is 1. The molecule has 170 valence electrons. The Morgan fingerprint density at radius 1 is 0.909 bits per heavy atom. The third-order valence-electron chi connectivity index (χ3n) is 6.08. The van der Waals surface area contributed by atoms with Gasteiger partial charge in [-0.2, -0.15) is 0 Å². The van der Waals surface area contributed by atoms with Gasteiger partial charge >= 0.3 is 0 Å². The number of benzene rings is 3. The molecule has 33 heavy (non-hydrogen) atoms. The number of hydrogen-bond acceptors (Lipinski definition) is 4. The number of methoxy groups -OCH3 is 1. The molecule has 0 unspecified atom stereocenters. The van der Waals surface area contributed by atoms with Crippen molar-refractivity contribution >= 4 is 21.6 Å². The van der Waals surface area contributed by atoms with Crippen molar-refractivity contribution in [2.45, 2.75) is 31.1 Å². The van der Waals surface area contributed by atoms with Crippen molar-refractivity contribution in [1.82, 2.24) is 4.31 Å². The second-order valence-corrected chi connectivity index (χ2v) is 9.94. The molecule has 1 amide bonds. The predicted octanol–water partition coefficient (Wildman–Crippen LogP) is 5.39. The first-order chi connectivity index (χ1) is 15.9. The summed E-state index contributed by atoms with van der Waals surface area (Å²) in [5.41, 5.74) is 2.92. The van der Waals surface area contributed by atoms with Gasteiger partial charge in [0.25, 0.3) is 10.0 Å². The maximum atomic E-state index is 13.8. The van der Waals surface area contributed by atoms with E-state index >= 15 is 0 Å². The van der Waals surface area contributed by atoms with Gasteiger partial charge < -0.3 is 4.74 Å². The Hall–Kier alpha value is -3.38. The molecule has 0 fully saturated rings. The lowest BCUT2D eigenvalue weighted by molar-refractivity contribution is -0.129. The second-order valence-electron chi connectivity index (χ2n) is 8.15. The highest BCUT2D eigenvalue weighted by Crippen LogP contribution is 2.42. The molecule has 0 saturated carbocycles. The highest BCUT2D eigenvalue weighted by atomic mass is 32.2. The maximum Gasteiger partial charge on any atom is 0.270 e. The summed E-state index contributed by atoms with van der Waals surface area (Å²) in [6.45, 7) is 3.81. The first kappa shape index (κ1) is 22.8. The van der Waals surface area contributed by atoms with Crippen molar-refractivity contribution in [3.05, 3.63) is 102 Å². The SMILES string of the molecule is CC[C@@H]1C(=O)N(S(=O)(=O)c2ccc(C)cc2)C(c2ccc(OC)cc2)=C[C@H]1c1ccccc1. The van der Waals surface area contributed by atoms with Crippen molar-refractivity contribution in [3.63, 3.8) is 0 Å². The Bertz CT molecular complexity index is 1260. The molecule has 3 aromatic carbocycles. The Labute approximate surface area is 195 Å². The van der Waals surface area contributed by atoms with Crippen LogP contribution in [-0.2, 0) is 14.8 Å². The molecule has 0 N–H and O–H groups in total. The highest BCUT2D eigenvalue weighted by Gasteiger charge is 2.43. The highest BCUT2D eigenvalue weighted by molar-refractivity contribution is 7.90. The van der Waals surface area contributed by atoms with Crippen molar-refractivity contribution in [2.75, 3.05) is 7.11 Å². The van der Waals surface area contributed by atoms with Crippen LogP contribution in [0, 0.1) is 12.8 Å². The lowest BCUT2D eigenvalue weighted by Crippen LogP contribution is -2.44. The van der Waals surface area contributed by atoms with Gasteiger partial charge in [-0.1, -0.05) is 61.0 Å². The van der Waals surface area contributed by atoms with Crippen LogP contribution in [-0.4, -0.2) is 25.7 Å². The van der Waals surface area contributed by atoms with Gasteiger partial charge in [0.2, 0.25) is 5.91 Å². The molecule has 0 spiro atoms. The van der Waals surface area contributed by atoms with E-state index in [1.165, 1.54) is 0 Å². The molecule has 0 bridgehead atoms. The number of aryl methyl sites for hydroxylation is 1. The Morgan fingerprint density at radius 3 is 2.12 bits per heavy atom. The first-order valence-corrected chi connectivity index (χ1v) is 12.4. The van der Waals surface area contributed by atoms with E-state index in [1.807, 2.05) is 50.3 Å². The molecular weight excluding hydrogens is 434 g/mol.